The molecule has 1 unspecified atom stereocenters. The molecule has 2 rings (SSSR count). The Morgan fingerprint density at radius 2 is 1.76 bits per heavy atom. The van der Waals surface area contributed by atoms with Crippen molar-refractivity contribution < 1.29 is 14.3 Å². The van der Waals surface area contributed by atoms with E-state index in [0.29, 0.717) is 16.5 Å². The molecular weight excluding hydrogens is 338 g/mol. The molecule has 5 heteroatoms. The zero-order valence-electron chi connectivity index (χ0n) is 15.0. The lowest BCUT2D eigenvalue weighted by atomic mass is 9.95. The van der Waals surface area contributed by atoms with Crippen LogP contribution in [0, 0.1) is 5.92 Å². The van der Waals surface area contributed by atoms with Gasteiger partial charge in [0.1, 0.15) is 0 Å². The lowest BCUT2D eigenvalue weighted by Crippen LogP contribution is -2.33. The molecule has 1 amide bonds. The lowest BCUT2D eigenvalue weighted by molar-refractivity contribution is -0.121. The maximum absolute atomic E-state index is 12.5. The summed E-state index contributed by atoms with van der Waals surface area (Å²) in [6.45, 7) is 4.12. The average Bonchev–Trinajstić information content (AvgIpc) is 2.60. The van der Waals surface area contributed by atoms with E-state index in [4.69, 9.17) is 21.1 Å². The van der Waals surface area contributed by atoms with Crippen molar-refractivity contribution in [2.75, 3.05) is 14.2 Å². The van der Waals surface area contributed by atoms with Crippen LogP contribution in [0.5, 0.6) is 11.5 Å². The first-order valence-corrected chi connectivity index (χ1v) is 8.58. The second kappa shape index (κ2) is 8.77. The van der Waals surface area contributed by atoms with Gasteiger partial charge in [-0.3, -0.25) is 4.79 Å². The van der Waals surface area contributed by atoms with E-state index in [1.165, 1.54) is 0 Å². The smallest absolute Gasteiger partial charge is 0.224 e. The van der Waals surface area contributed by atoms with Crippen molar-refractivity contribution in [3.05, 3.63) is 58.6 Å². The van der Waals surface area contributed by atoms with Crippen molar-refractivity contribution >= 4 is 17.5 Å². The standard InChI is InChI=1S/C20H24ClNO3/c1-13(2)20(15-7-5-6-8-16(15)21)22-19(23)12-14-9-10-17(24-3)18(11-14)25-4/h5-11,13,20H,12H2,1-4H3,(H,22,23). The molecule has 0 heterocycles. The van der Waals surface area contributed by atoms with E-state index in [2.05, 4.69) is 19.2 Å². The summed E-state index contributed by atoms with van der Waals surface area (Å²) in [6.07, 6.45) is 0.258. The first-order chi connectivity index (χ1) is 12.0. The highest BCUT2D eigenvalue weighted by molar-refractivity contribution is 6.31. The number of ether oxygens (including phenoxy) is 2. The zero-order valence-corrected chi connectivity index (χ0v) is 15.8. The van der Waals surface area contributed by atoms with Gasteiger partial charge in [0.2, 0.25) is 5.91 Å². The number of rotatable bonds is 7. The third-order valence-corrected chi connectivity index (χ3v) is 4.38. The maximum Gasteiger partial charge on any atom is 0.224 e. The number of amides is 1. The second-order valence-electron chi connectivity index (χ2n) is 6.18. The summed E-state index contributed by atoms with van der Waals surface area (Å²) >= 11 is 6.30. The van der Waals surface area contributed by atoms with E-state index in [0.717, 1.165) is 11.1 Å². The Bertz CT molecular complexity index is 731. The first-order valence-electron chi connectivity index (χ1n) is 8.21. The van der Waals surface area contributed by atoms with E-state index in [-0.39, 0.29) is 24.3 Å². The molecule has 0 spiro atoms. The summed E-state index contributed by atoms with van der Waals surface area (Å²) in [5.41, 5.74) is 1.79. The van der Waals surface area contributed by atoms with Crippen LogP contribution in [-0.4, -0.2) is 20.1 Å². The van der Waals surface area contributed by atoms with E-state index in [1.807, 2.05) is 36.4 Å². The number of carbonyl (C=O) groups is 1. The molecule has 2 aromatic rings. The Morgan fingerprint density at radius 3 is 2.36 bits per heavy atom. The van der Waals surface area contributed by atoms with Crippen LogP contribution in [0.3, 0.4) is 0 Å². The molecule has 2 aromatic carbocycles. The average molecular weight is 362 g/mol. The summed E-state index contributed by atoms with van der Waals surface area (Å²) in [4.78, 5) is 12.5. The van der Waals surface area contributed by atoms with Gasteiger partial charge in [-0.15, -0.1) is 0 Å². The molecule has 0 aromatic heterocycles. The topological polar surface area (TPSA) is 47.6 Å². The van der Waals surface area contributed by atoms with Gasteiger partial charge in [-0.25, -0.2) is 0 Å². The number of hydrogen-bond donors (Lipinski definition) is 1. The van der Waals surface area contributed by atoms with Gasteiger partial charge in [0.05, 0.1) is 26.7 Å². The predicted molar refractivity (Wildman–Crippen MR) is 100 cm³/mol. The van der Waals surface area contributed by atoms with E-state index in [1.54, 1.807) is 20.3 Å². The minimum absolute atomic E-state index is 0.0640. The summed E-state index contributed by atoms with van der Waals surface area (Å²) in [6, 6.07) is 12.9. The third-order valence-electron chi connectivity index (χ3n) is 4.04. The summed E-state index contributed by atoms with van der Waals surface area (Å²) in [7, 11) is 3.16. The van der Waals surface area contributed by atoms with Crippen LogP contribution in [0.15, 0.2) is 42.5 Å². The van der Waals surface area contributed by atoms with Crippen molar-refractivity contribution in [3.8, 4) is 11.5 Å². The molecule has 1 atom stereocenters. The summed E-state index contributed by atoms with van der Waals surface area (Å²) in [5, 5.41) is 3.75. The molecule has 0 saturated heterocycles. The predicted octanol–water partition coefficient (Wildman–Crippen LogP) is 4.41. The molecule has 0 aliphatic rings. The third kappa shape index (κ3) is 4.89. The van der Waals surface area contributed by atoms with Gasteiger partial charge >= 0.3 is 0 Å². The SMILES string of the molecule is COc1ccc(CC(=O)NC(c2ccccc2Cl)C(C)C)cc1OC. The molecule has 4 nitrogen and oxygen atoms in total. The van der Waals surface area contributed by atoms with Crippen LogP contribution in [0.2, 0.25) is 5.02 Å². The summed E-state index contributed by atoms with van der Waals surface area (Å²) < 4.78 is 10.5. The van der Waals surface area contributed by atoms with Crippen LogP contribution in [-0.2, 0) is 11.2 Å². The van der Waals surface area contributed by atoms with Crippen molar-refractivity contribution in [1.29, 1.82) is 0 Å². The number of hydrogen-bond acceptors (Lipinski definition) is 3. The molecule has 0 saturated carbocycles. The van der Waals surface area contributed by atoms with Crippen LogP contribution < -0.4 is 14.8 Å². The van der Waals surface area contributed by atoms with Gasteiger partial charge in [-0.2, -0.15) is 0 Å². The van der Waals surface area contributed by atoms with Crippen molar-refractivity contribution in [2.24, 2.45) is 5.92 Å². The second-order valence-corrected chi connectivity index (χ2v) is 6.58. The number of methoxy groups -OCH3 is 2. The Labute approximate surface area is 154 Å². The highest BCUT2D eigenvalue weighted by atomic mass is 35.5. The Balaban J connectivity index is 2.13. The molecule has 0 aliphatic carbocycles. The minimum Gasteiger partial charge on any atom is -0.493 e. The molecule has 0 radical (unpaired) electrons. The van der Waals surface area contributed by atoms with Gasteiger partial charge in [-0.1, -0.05) is 49.7 Å². The number of benzene rings is 2. The Kier molecular flexibility index (Phi) is 6.71. The minimum atomic E-state index is -0.138. The monoisotopic (exact) mass is 361 g/mol. The van der Waals surface area contributed by atoms with Crippen LogP contribution in [0.4, 0.5) is 0 Å². The molecule has 0 aliphatic heterocycles. The van der Waals surface area contributed by atoms with Gasteiger partial charge < -0.3 is 14.8 Å². The first kappa shape index (κ1) is 19.1. The molecule has 0 fully saturated rings. The molecule has 0 bridgehead atoms. The largest absolute Gasteiger partial charge is 0.493 e. The maximum atomic E-state index is 12.5. The van der Waals surface area contributed by atoms with Gasteiger partial charge in [0.15, 0.2) is 11.5 Å². The van der Waals surface area contributed by atoms with Crippen molar-refractivity contribution in [2.45, 2.75) is 26.3 Å². The fourth-order valence-electron chi connectivity index (χ4n) is 2.73. The molecular formula is C20H24ClNO3. The normalized spacial score (nSPS) is 11.9. The van der Waals surface area contributed by atoms with Crippen molar-refractivity contribution in [3.63, 3.8) is 0 Å². The van der Waals surface area contributed by atoms with Crippen LogP contribution in [0.25, 0.3) is 0 Å². The van der Waals surface area contributed by atoms with Gasteiger partial charge in [0.25, 0.3) is 0 Å². The Hall–Kier alpha value is -2.20. The highest BCUT2D eigenvalue weighted by Crippen LogP contribution is 2.29. The fraction of sp³-hybridized carbons (Fsp3) is 0.350. The van der Waals surface area contributed by atoms with E-state index < -0.39 is 0 Å². The number of carbonyl (C=O) groups excluding carboxylic acids is 1. The zero-order chi connectivity index (χ0) is 18.4. The lowest BCUT2D eigenvalue weighted by Gasteiger charge is -2.24. The molecule has 25 heavy (non-hydrogen) atoms. The van der Waals surface area contributed by atoms with Crippen LogP contribution >= 0.6 is 11.6 Å². The number of nitrogens with one attached hydrogen (secondary N) is 1. The van der Waals surface area contributed by atoms with Gasteiger partial charge in [0, 0.05) is 5.02 Å². The van der Waals surface area contributed by atoms with Gasteiger partial charge in [-0.05, 0) is 35.2 Å². The summed E-state index contributed by atoms with van der Waals surface area (Å²) in [5.74, 6) is 1.40. The Morgan fingerprint density at radius 1 is 1.08 bits per heavy atom. The van der Waals surface area contributed by atoms with E-state index >= 15 is 0 Å². The van der Waals surface area contributed by atoms with E-state index in [9.17, 15) is 4.79 Å². The van der Waals surface area contributed by atoms with Crippen LogP contribution in [0.1, 0.15) is 31.0 Å². The highest BCUT2D eigenvalue weighted by Gasteiger charge is 2.20. The molecule has 134 valence electrons. The molecule has 1 N–H and O–H groups in total. The number of halogens is 1. The quantitative estimate of drug-likeness (QED) is 0.794. The van der Waals surface area contributed by atoms with Crippen molar-refractivity contribution in [1.82, 2.24) is 5.32 Å². The fourth-order valence-corrected chi connectivity index (χ4v) is 2.98.